The van der Waals surface area contributed by atoms with Crippen molar-refractivity contribution in [2.24, 2.45) is 0 Å². The van der Waals surface area contributed by atoms with Crippen molar-refractivity contribution in [3.63, 3.8) is 0 Å². The molecule has 0 aromatic carbocycles. The van der Waals surface area contributed by atoms with Crippen molar-refractivity contribution in [1.82, 2.24) is 20.2 Å². The first-order chi connectivity index (χ1) is 6.38. The Balaban J connectivity index is 2.15. The monoisotopic (exact) mass is 178 g/mol. The van der Waals surface area contributed by atoms with Crippen LogP contribution in [0.1, 0.15) is 11.6 Å². The van der Waals surface area contributed by atoms with Gasteiger partial charge in [0.15, 0.2) is 0 Å². The van der Waals surface area contributed by atoms with E-state index < -0.39 is 0 Å². The number of hydrogen-bond donors (Lipinski definition) is 1. The van der Waals surface area contributed by atoms with Crippen LogP contribution in [-0.4, -0.2) is 41.5 Å². The standard InChI is InChI=1S/C9H14N4/c1-13-3-2-10-6-9(13)8-4-11-7-12-5-8/h4-5,7,9-10H,2-3,6H2,1H3. The molecular formula is C9H14N4. The van der Waals surface area contributed by atoms with Gasteiger partial charge in [0, 0.05) is 37.6 Å². The molecule has 0 amide bonds. The molecule has 1 aliphatic heterocycles. The second kappa shape index (κ2) is 3.81. The summed E-state index contributed by atoms with van der Waals surface area (Å²) in [4.78, 5) is 10.4. The molecule has 13 heavy (non-hydrogen) atoms. The Kier molecular flexibility index (Phi) is 2.52. The molecule has 1 N–H and O–H groups in total. The van der Waals surface area contributed by atoms with E-state index in [1.165, 1.54) is 5.56 Å². The molecule has 70 valence electrons. The van der Waals surface area contributed by atoms with Crippen LogP contribution in [0.3, 0.4) is 0 Å². The molecule has 1 fully saturated rings. The van der Waals surface area contributed by atoms with Gasteiger partial charge in [-0.05, 0) is 7.05 Å². The molecule has 0 aliphatic carbocycles. The van der Waals surface area contributed by atoms with E-state index in [4.69, 9.17) is 0 Å². The smallest absolute Gasteiger partial charge is 0.115 e. The van der Waals surface area contributed by atoms with Crippen molar-refractivity contribution >= 4 is 0 Å². The van der Waals surface area contributed by atoms with Crippen molar-refractivity contribution in [1.29, 1.82) is 0 Å². The minimum atomic E-state index is 0.426. The van der Waals surface area contributed by atoms with E-state index in [9.17, 15) is 0 Å². The van der Waals surface area contributed by atoms with E-state index in [0.717, 1.165) is 19.6 Å². The van der Waals surface area contributed by atoms with Crippen LogP contribution in [0, 0.1) is 0 Å². The average Bonchev–Trinajstić information content (AvgIpc) is 2.20. The zero-order valence-electron chi connectivity index (χ0n) is 7.77. The molecule has 1 aromatic heterocycles. The summed E-state index contributed by atoms with van der Waals surface area (Å²) < 4.78 is 0. The van der Waals surface area contributed by atoms with E-state index in [1.807, 2.05) is 12.4 Å². The van der Waals surface area contributed by atoms with Crippen molar-refractivity contribution in [2.45, 2.75) is 6.04 Å². The molecule has 0 radical (unpaired) electrons. The molecule has 1 aliphatic rings. The molecule has 1 saturated heterocycles. The second-order valence-corrected chi connectivity index (χ2v) is 3.37. The van der Waals surface area contributed by atoms with Gasteiger partial charge in [0.05, 0.1) is 6.04 Å². The second-order valence-electron chi connectivity index (χ2n) is 3.37. The number of nitrogens with one attached hydrogen (secondary N) is 1. The third-order valence-electron chi connectivity index (χ3n) is 2.48. The first-order valence-corrected chi connectivity index (χ1v) is 4.54. The molecule has 0 spiro atoms. The van der Waals surface area contributed by atoms with Crippen LogP contribution in [0.15, 0.2) is 18.7 Å². The first kappa shape index (κ1) is 8.59. The number of rotatable bonds is 1. The van der Waals surface area contributed by atoms with Crippen LogP contribution in [0.5, 0.6) is 0 Å². The normalized spacial score (nSPS) is 24.5. The maximum absolute atomic E-state index is 4.03. The summed E-state index contributed by atoms with van der Waals surface area (Å²) in [6, 6.07) is 0.426. The van der Waals surface area contributed by atoms with Gasteiger partial charge in [-0.2, -0.15) is 0 Å². The van der Waals surface area contributed by atoms with Gasteiger partial charge in [0.1, 0.15) is 6.33 Å². The summed E-state index contributed by atoms with van der Waals surface area (Å²) in [5, 5.41) is 3.37. The molecule has 0 bridgehead atoms. The molecule has 2 rings (SSSR count). The minimum absolute atomic E-state index is 0.426. The Hall–Kier alpha value is -1.00. The lowest BCUT2D eigenvalue weighted by molar-refractivity contribution is 0.201. The fourth-order valence-corrected chi connectivity index (χ4v) is 1.66. The number of piperazine rings is 1. The number of likely N-dealkylation sites (N-methyl/N-ethyl adjacent to an activating group) is 1. The molecule has 1 unspecified atom stereocenters. The Bertz CT molecular complexity index is 262. The third-order valence-corrected chi connectivity index (χ3v) is 2.48. The lowest BCUT2D eigenvalue weighted by Crippen LogP contribution is -2.43. The summed E-state index contributed by atoms with van der Waals surface area (Å²) in [5.74, 6) is 0. The highest BCUT2D eigenvalue weighted by molar-refractivity contribution is 5.10. The topological polar surface area (TPSA) is 41.0 Å². The Morgan fingerprint density at radius 2 is 2.23 bits per heavy atom. The van der Waals surface area contributed by atoms with Crippen LogP contribution >= 0.6 is 0 Å². The minimum Gasteiger partial charge on any atom is -0.314 e. The summed E-state index contributed by atoms with van der Waals surface area (Å²) >= 11 is 0. The van der Waals surface area contributed by atoms with Crippen molar-refractivity contribution in [3.8, 4) is 0 Å². The SMILES string of the molecule is CN1CCNCC1c1cncnc1. The highest BCUT2D eigenvalue weighted by Gasteiger charge is 2.20. The quantitative estimate of drug-likeness (QED) is 0.660. The van der Waals surface area contributed by atoms with Crippen LogP contribution in [0.4, 0.5) is 0 Å². The Morgan fingerprint density at radius 3 is 2.92 bits per heavy atom. The number of aromatic nitrogens is 2. The van der Waals surface area contributed by atoms with E-state index >= 15 is 0 Å². The number of nitrogens with zero attached hydrogens (tertiary/aromatic N) is 3. The van der Waals surface area contributed by atoms with Crippen molar-refractivity contribution in [3.05, 3.63) is 24.3 Å². The van der Waals surface area contributed by atoms with Gasteiger partial charge in [-0.15, -0.1) is 0 Å². The van der Waals surface area contributed by atoms with Gasteiger partial charge >= 0.3 is 0 Å². The summed E-state index contributed by atoms with van der Waals surface area (Å²) in [7, 11) is 2.14. The average molecular weight is 178 g/mol. The fraction of sp³-hybridized carbons (Fsp3) is 0.556. The van der Waals surface area contributed by atoms with Crippen LogP contribution < -0.4 is 5.32 Å². The molecule has 1 aromatic rings. The van der Waals surface area contributed by atoms with E-state index in [-0.39, 0.29) is 0 Å². The molecule has 0 saturated carbocycles. The van der Waals surface area contributed by atoms with Gasteiger partial charge < -0.3 is 5.32 Å². The van der Waals surface area contributed by atoms with Crippen molar-refractivity contribution in [2.75, 3.05) is 26.7 Å². The highest BCUT2D eigenvalue weighted by Crippen LogP contribution is 2.17. The zero-order valence-corrected chi connectivity index (χ0v) is 7.77. The lowest BCUT2D eigenvalue weighted by atomic mass is 10.1. The van der Waals surface area contributed by atoms with Crippen LogP contribution in [-0.2, 0) is 0 Å². The van der Waals surface area contributed by atoms with Gasteiger partial charge in [0.25, 0.3) is 0 Å². The van der Waals surface area contributed by atoms with Crippen molar-refractivity contribution < 1.29 is 0 Å². The first-order valence-electron chi connectivity index (χ1n) is 4.54. The van der Waals surface area contributed by atoms with Gasteiger partial charge in [-0.3, -0.25) is 4.90 Å². The predicted octanol–water partition coefficient (Wildman–Crippen LogP) is 0.0527. The molecule has 4 nitrogen and oxygen atoms in total. The summed E-state index contributed by atoms with van der Waals surface area (Å²) in [5.41, 5.74) is 1.19. The fourth-order valence-electron chi connectivity index (χ4n) is 1.66. The maximum Gasteiger partial charge on any atom is 0.115 e. The largest absolute Gasteiger partial charge is 0.314 e. The zero-order chi connectivity index (χ0) is 9.10. The highest BCUT2D eigenvalue weighted by atomic mass is 15.2. The van der Waals surface area contributed by atoms with Gasteiger partial charge in [0.2, 0.25) is 0 Å². The summed E-state index contributed by atoms with van der Waals surface area (Å²) in [6.07, 6.45) is 5.35. The van der Waals surface area contributed by atoms with Crippen LogP contribution in [0.25, 0.3) is 0 Å². The summed E-state index contributed by atoms with van der Waals surface area (Å²) in [6.45, 7) is 3.14. The van der Waals surface area contributed by atoms with E-state index in [0.29, 0.717) is 6.04 Å². The molecule has 4 heteroatoms. The number of hydrogen-bond acceptors (Lipinski definition) is 4. The Morgan fingerprint density at radius 1 is 1.46 bits per heavy atom. The third kappa shape index (κ3) is 1.84. The van der Waals surface area contributed by atoms with E-state index in [1.54, 1.807) is 6.33 Å². The van der Waals surface area contributed by atoms with Gasteiger partial charge in [-0.25, -0.2) is 9.97 Å². The van der Waals surface area contributed by atoms with Crippen LogP contribution in [0.2, 0.25) is 0 Å². The van der Waals surface area contributed by atoms with E-state index in [2.05, 4.69) is 27.2 Å². The maximum atomic E-state index is 4.03. The lowest BCUT2D eigenvalue weighted by Gasteiger charge is -2.32. The predicted molar refractivity (Wildman–Crippen MR) is 50.3 cm³/mol. The Labute approximate surface area is 78.0 Å². The van der Waals surface area contributed by atoms with Gasteiger partial charge in [-0.1, -0.05) is 0 Å². The molecule has 1 atom stereocenters. The molecular weight excluding hydrogens is 164 g/mol. The molecule has 2 heterocycles.